The van der Waals surface area contributed by atoms with Crippen molar-refractivity contribution < 1.29 is 54.9 Å². The number of nitrogens with zero attached hydrogens (tertiary/aromatic N) is 3. The van der Waals surface area contributed by atoms with Crippen molar-refractivity contribution in [2.75, 3.05) is 13.7 Å². The fourth-order valence-electron chi connectivity index (χ4n) is 6.49. The highest BCUT2D eigenvalue weighted by molar-refractivity contribution is 5.88. The number of allylic oxidation sites excluding steroid dienone is 2. The van der Waals surface area contributed by atoms with Crippen molar-refractivity contribution in [2.45, 2.75) is 77.4 Å². The van der Waals surface area contributed by atoms with Gasteiger partial charge in [0.1, 0.15) is 17.6 Å². The Morgan fingerprint density at radius 3 is 2.32 bits per heavy atom. The number of aromatic nitrogens is 2. The summed E-state index contributed by atoms with van der Waals surface area (Å²) in [6.45, 7) is 5.83. The van der Waals surface area contributed by atoms with Gasteiger partial charge in [-0.05, 0) is 85.9 Å². The first-order chi connectivity index (χ1) is 23.3. The van der Waals surface area contributed by atoms with Crippen LogP contribution in [0.3, 0.4) is 0 Å². The van der Waals surface area contributed by atoms with Crippen LogP contribution in [0.2, 0.25) is 0 Å². The number of halogens is 7. The van der Waals surface area contributed by atoms with Gasteiger partial charge in [-0.2, -0.15) is 26.3 Å². The number of aromatic carboxylic acids is 1. The lowest BCUT2D eigenvalue weighted by Crippen LogP contribution is -2.33. The van der Waals surface area contributed by atoms with Crippen molar-refractivity contribution in [3.63, 3.8) is 0 Å². The Kier molecular flexibility index (Phi) is 9.92. The molecule has 0 saturated carbocycles. The van der Waals surface area contributed by atoms with Crippen LogP contribution in [0, 0.1) is 11.2 Å². The zero-order valence-corrected chi connectivity index (χ0v) is 27.5. The molecule has 1 aliphatic heterocycles. The Hall–Kier alpha value is -4.69. The molecule has 15 heteroatoms. The van der Waals surface area contributed by atoms with Crippen LogP contribution in [0.5, 0.6) is 5.75 Å². The SMILES string of the molecule is COc1cnc(-c2ccc(C(=O)O)c(F)c2)nc1C1=C(CCCN2C(=O)O[C@H](c3cc(C(F)(F)F)cc(C(F)(F)F)c3)[C@@H]2C)CC(C)(C)CC1. The summed E-state index contributed by atoms with van der Waals surface area (Å²) < 4.78 is 106. The normalized spacial score (nSPS) is 19.5. The number of rotatable bonds is 9. The van der Waals surface area contributed by atoms with Crippen molar-refractivity contribution in [1.82, 2.24) is 14.9 Å². The van der Waals surface area contributed by atoms with Gasteiger partial charge < -0.3 is 19.5 Å². The van der Waals surface area contributed by atoms with Crippen molar-refractivity contribution in [1.29, 1.82) is 0 Å². The number of carbonyl (C=O) groups is 2. The quantitative estimate of drug-likeness (QED) is 0.221. The van der Waals surface area contributed by atoms with E-state index in [0.717, 1.165) is 29.7 Å². The second-order valence-corrected chi connectivity index (χ2v) is 13.2. The molecule has 0 unspecified atom stereocenters. The summed E-state index contributed by atoms with van der Waals surface area (Å²) in [4.78, 5) is 34.5. The molecule has 2 aliphatic rings. The van der Waals surface area contributed by atoms with Crippen molar-refractivity contribution in [3.05, 3.63) is 81.9 Å². The van der Waals surface area contributed by atoms with Crippen LogP contribution in [0.4, 0.5) is 35.5 Å². The second-order valence-electron chi connectivity index (χ2n) is 13.2. The average molecular weight is 710 g/mol. The van der Waals surface area contributed by atoms with Crippen molar-refractivity contribution in [3.8, 4) is 17.1 Å². The first kappa shape index (κ1) is 36.6. The number of carbonyl (C=O) groups excluding carboxylic acids is 1. The minimum atomic E-state index is -5.05. The van der Waals surface area contributed by atoms with E-state index in [9.17, 15) is 45.4 Å². The average Bonchev–Trinajstić information content (AvgIpc) is 3.31. The van der Waals surface area contributed by atoms with Gasteiger partial charge in [0.05, 0.1) is 36.0 Å². The number of benzene rings is 2. The Bertz CT molecular complexity index is 1810. The molecule has 268 valence electrons. The van der Waals surface area contributed by atoms with Crippen LogP contribution in [0.25, 0.3) is 17.0 Å². The molecule has 1 amide bonds. The van der Waals surface area contributed by atoms with Gasteiger partial charge in [0.2, 0.25) is 0 Å². The molecule has 0 spiro atoms. The van der Waals surface area contributed by atoms with Crippen molar-refractivity contribution in [2.24, 2.45) is 5.41 Å². The third kappa shape index (κ3) is 7.71. The Balaban J connectivity index is 1.40. The summed E-state index contributed by atoms with van der Waals surface area (Å²) in [5, 5.41) is 9.19. The van der Waals surface area contributed by atoms with Gasteiger partial charge in [0.15, 0.2) is 11.6 Å². The summed E-state index contributed by atoms with van der Waals surface area (Å²) in [7, 11) is 1.45. The predicted octanol–water partition coefficient (Wildman–Crippen LogP) is 9.35. The Morgan fingerprint density at radius 2 is 1.74 bits per heavy atom. The molecule has 0 radical (unpaired) electrons. The summed E-state index contributed by atoms with van der Waals surface area (Å²) in [5.41, 5.74) is -1.37. The lowest BCUT2D eigenvalue weighted by Gasteiger charge is -2.34. The maximum Gasteiger partial charge on any atom is 0.416 e. The summed E-state index contributed by atoms with van der Waals surface area (Å²) in [5.74, 6) is -1.84. The van der Waals surface area contributed by atoms with E-state index in [1.54, 1.807) is 0 Å². The maximum absolute atomic E-state index is 14.5. The number of hydrogen-bond acceptors (Lipinski definition) is 6. The first-order valence-electron chi connectivity index (χ1n) is 15.7. The number of amides is 1. The molecule has 3 aromatic rings. The van der Waals surface area contributed by atoms with Gasteiger partial charge in [-0.3, -0.25) is 0 Å². The number of methoxy groups -OCH3 is 1. The monoisotopic (exact) mass is 709 g/mol. The van der Waals surface area contributed by atoms with Crippen LogP contribution in [0.15, 0.2) is 48.2 Å². The zero-order valence-electron chi connectivity index (χ0n) is 27.5. The highest BCUT2D eigenvalue weighted by Crippen LogP contribution is 2.46. The molecule has 1 saturated heterocycles. The van der Waals surface area contributed by atoms with E-state index < -0.39 is 64.6 Å². The molecular formula is C35H34F7N3O5. The molecule has 2 atom stereocenters. The van der Waals surface area contributed by atoms with E-state index in [-0.39, 0.29) is 29.4 Å². The van der Waals surface area contributed by atoms with Crippen LogP contribution in [0.1, 0.15) is 91.7 Å². The van der Waals surface area contributed by atoms with Gasteiger partial charge in [-0.1, -0.05) is 25.5 Å². The topological polar surface area (TPSA) is 102 Å². The highest BCUT2D eigenvalue weighted by Gasteiger charge is 2.43. The number of carboxylic acids is 1. The Morgan fingerprint density at radius 1 is 1.08 bits per heavy atom. The van der Waals surface area contributed by atoms with Gasteiger partial charge in [-0.25, -0.2) is 23.9 Å². The fourth-order valence-corrected chi connectivity index (χ4v) is 6.49. The molecule has 1 aromatic heterocycles. The highest BCUT2D eigenvalue weighted by atomic mass is 19.4. The largest absolute Gasteiger partial charge is 0.493 e. The van der Waals surface area contributed by atoms with E-state index in [2.05, 4.69) is 18.8 Å². The maximum atomic E-state index is 14.5. The smallest absolute Gasteiger partial charge is 0.416 e. The van der Waals surface area contributed by atoms with Crippen LogP contribution in [-0.2, 0) is 17.1 Å². The molecule has 2 heterocycles. The fraction of sp³-hybridized carbons (Fsp3) is 0.429. The minimum absolute atomic E-state index is 0.0304. The van der Waals surface area contributed by atoms with E-state index >= 15 is 0 Å². The third-order valence-corrected chi connectivity index (χ3v) is 9.10. The number of alkyl halides is 6. The van der Waals surface area contributed by atoms with E-state index in [4.69, 9.17) is 14.5 Å². The first-order valence-corrected chi connectivity index (χ1v) is 15.7. The lowest BCUT2D eigenvalue weighted by atomic mass is 9.72. The van der Waals surface area contributed by atoms with Gasteiger partial charge in [-0.15, -0.1) is 0 Å². The Labute approximate surface area is 282 Å². The summed E-state index contributed by atoms with van der Waals surface area (Å²) in [6.07, 6.45) is -7.95. The molecular weight excluding hydrogens is 675 g/mol. The molecule has 0 bridgehead atoms. The van der Waals surface area contributed by atoms with Crippen LogP contribution in [-0.4, -0.2) is 51.7 Å². The van der Waals surface area contributed by atoms with Crippen molar-refractivity contribution >= 4 is 17.6 Å². The summed E-state index contributed by atoms with van der Waals surface area (Å²) in [6, 6.07) is 3.90. The number of hydrogen-bond donors (Lipinski definition) is 1. The van der Waals surface area contributed by atoms with Gasteiger partial charge in [0, 0.05) is 12.1 Å². The molecule has 1 fully saturated rings. The van der Waals surface area contributed by atoms with Gasteiger partial charge >= 0.3 is 24.4 Å². The van der Waals surface area contributed by atoms with Crippen LogP contribution < -0.4 is 4.74 Å². The molecule has 8 nitrogen and oxygen atoms in total. The number of cyclic esters (lactones) is 1. The zero-order chi connectivity index (χ0) is 36.8. The van der Waals surface area contributed by atoms with E-state index in [1.807, 2.05) is 0 Å². The molecule has 1 N–H and O–H groups in total. The van der Waals surface area contributed by atoms with E-state index in [1.165, 1.54) is 31.2 Å². The van der Waals surface area contributed by atoms with Gasteiger partial charge in [0.25, 0.3) is 0 Å². The predicted molar refractivity (Wildman–Crippen MR) is 167 cm³/mol. The van der Waals surface area contributed by atoms with E-state index in [0.29, 0.717) is 49.3 Å². The molecule has 5 rings (SSSR count). The molecule has 1 aliphatic carbocycles. The summed E-state index contributed by atoms with van der Waals surface area (Å²) >= 11 is 0. The lowest BCUT2D eigenvalue weighted by molar-refractivity contribution is -0.143. The number of ether oxygens (including phenoxy) is 2. The third-order valence-electron chi connectivity index (χ3n) is 9.10. The minimum Gasteiger partial charge on any atom is -0.493 e. The molecule has 2 aromatic carbocycles. The van der Waals surface area contributed by atoms with Crippen LogP contribution >= 0.6 is 0 Å². The second kappa shape index (κ2) is 13.6. The number of carboxylic acid groups (broad SMARTS) is 1. The molecule has 50 heavy (non-hydrogen) atoms. The standard InChI is InChI=1S/C35H34F7N3O5/c1-18-29(21-12-22(34(37,38)39)15-23(13-21)35(40,41)42)50-32(48)45(18)11-5-6-20-16-33(2,3)10-9-24(20)28-27(49-4)17-43-30(44-28)19-7-8-25(31(46)47)26(36)14-19/h7-8,12-15,17-18,29H,5-6,9-11,16H2,1-4H3,(H,46,47)/t18-,29-/m0/s1.